The molecular weight excluding hydrogens is 492 g/mol. The summed E-state index contributed by atoms with van der Waals surface area (Å²) in [5.41, 5.74) is 4.98. The third-order valence-corrected chi connectivity index (χ3v) is 8.69. The minimum absolute atomic E-state index is 0.128. The normalized spacial score (nSPS) is 24.3. The SMILES string of the molecule is O=C(O)C1CCCCC1C(=O)N1CCc2ccccc2C1CN1C(=O)c2ccc(-c3ccccc3)cc2C1O. The van der Waals surface area contributed by atoms with Crippen LogP contribution in [0, 0.1) is 11.8 Å². The average molecular weight is 525 g/mol. The van der Waals surface area contributed by atoms with E-state index in [-0.39, 0.29) is 18.4 Å². The molecule has 3 aliphatic rings. The number of hydrogen-bond donors (Lipinski definition) is 2. The number of carbonyl (C=O) groups is 3. The number of aliphatic hydroxyl groups is 1. The van der Waals surface area contributed by atoms with Gasteiger partial charge in [-0.2, -0.15) is 0 Å². The molecule has 2 amide bonds. The Hall–Kier alpha value is -3.97. The van der Waals surface area contributed by atoms with Gasteiger partial charge in [0.25, 0.3) is 5.91 Å². The zero-order valence-electron chi connectivity index (χ0n) is 21.7. The number of nitrogens with zero attached hydrogens (tertiary/aromatic N) is 2. The number of aliphatic hydroxyl groups excluding tert-OH is 1. The van der Waals surface area contributed by atoms with E-state index in [0.29, 0.717) is 36.9 Å². The second kappa shape index (κ2) is 10.3. The van der Waals surface area contributed by atoms with Gasteiger partial charge in [-0.3, -0.25) is 14.4 Å². The number of carbonyl (C=O) groups excluding carboxylic acids is 2. The van der Waals surface area contributed by atoms with Crippen LogP contribution in [0.2, 0.25) is 0 Å². The molecule has 1 saturated carbocycles. The molecule has 2 N–H and O–H groups in total. The molecule has 7 heteroatoms. The quantitative estimate of drug-likeness (QED) is 0.499. The molecule has 4 atom stereocenters. The number of carboxylic acid groups (broad SMARTS) is 1. The molecule has 0 bridgehead atoms. The summed E-state index contributed by atoms with van der Waals surface area (Å²) in [7, 11) is 0. The van der Waals surface area contributed by atoms with Gasteiger partial charge in [0.05, 0.1) is 17.9 Å². The van der Waals surface area contributed by atoms with Crippen molar-refractivity contribution in [3.63, 3.8) is 0 Å². The molecule has 2 aliphatic heterocycles. The molecule has 0 aromatic heterocycles. The largest absolute Gasteiger partial charge is 0.481 e. The van der Waals surface area contributed by atoms with Crippen LogP contribution in [0.1, 0.15) is 65.0 Å². The molecule has 4 unspecified atom stereocenters. The Bertz CT molecular complexity index is 1420. The molecule has 2 heterocycles. The van der Waals surface area contributed by atoms with Crippen LogP contribution in [0.4, 0.5) is 0 Å². The first kappa shape index (κ1) is 25.3. The summed E-state index contributed by atoms with van der Waals surface area (Å²) >= 11 is 0. The summed E-state index contributed by atoms with van der Waals surface area (Å²) in [4.78, 5) is 42.7. The van der Waals surface area contributed by atoms with Crippen molar-refractivity contribution in [2.24, 2.45) is 11.8 Å². The van der Waals surface area contributed by atoms with Crippen molar-refractivity contribution in [2.45, 2.75) is 44.4 Å². The smallest absolute Gasteiger partial charge is 0.307 e. The fraction of sp³-hybridized carbons (Fsp3) is 0.344. The first-order chi connectivity index (χ1) is 18.9. The van der Waals surface area contributed by atoms with Crippen LogP contribution >= 0.6 is 0 Å². The van der Waals surface area contributed by atoms with Crippen molar-refractivity contribution in [1.29, 1.82) is 0 Å². The Balaban J connectivity index is 1.32. The maximum atomic E-state index is 13.9. The van der Waals surface area contributed by atoms with E-state index in [1.165, 1.54) is 4.90 Å². The number of hydrogen-bond acceptors (Lipinski definition) is 4. The second-order valence-corrected chi connectivity index (χ2v) is 10.8. The van der Waals surface area contributed by atoms with E-state index in [9.17, 15) is 24.6 Å². The van der Waals surface area contributed by atoms with Gasteiger partial charge in [0.2, 0.25) is 5.91 Å². The maximum Gasteiger partial charge on any atom is 0.307 e. The lowest BCUT2D eigenvalue weighted by Crippen LogP contribution is -2.50. The molecule has 39 heavy (non-hydrogen) atoms. The Morgan fingerprint density at radius 1 is 0.846 bits per heavy atom. The zero-order valence-corrected chi connectivity index (χ0v) is 21.7. The molecular formula is C32H32N2O5. The molecule has 200 valence electrons. The van der Waals surface area contributed by atoms with Gasteiger partial charge in [-0.25, -0.2) is 0 Å². The van der Waals surface area contributed by atoms with Gasteiger partial charge in [0.15, 0.2) is 6.23 Å². The summed E-state index contributed by atoms with van der Waals surface area (Å²) in [6.07, 6.45) is 2.23. The number of aliphatic carboxylic acids is 1. The van der Waals surface area contributed by atoms with Crippen LogP contribution in [0.3, 0.4) is 0 Å². The molecule has 0 spiro atoms. The van der Waals surface area contributed by atoms with Gasteiger partial charge in [0, 0.05) is 24.2 Å². The highest BCUT2D eigenvalue weighted by atomic mass is 16.4. The minimum atomic E-state index is -1.14. The van der Waals surface area contributed by atoms with E-state index in [0.717, 1.165) is 35.1 Å². The lowest BCUT2D eigenvalue weighted by Gasteiger charge is -2.42. The van der Waals surface area contributed by atoms with E-state index in [1.807, 2.05) is 66.7 Å². The van der Waals surface area contributed by atoms with E-state index >= 15 is 0 Å². The lowest BCUT2D eigenvalue weighted by molar-refractivity contribution is -0.154. The van der Waals surface area contributed by atoms with Crippen molar-refractivity contribution >= 4 is 17.8 Å². The van der Waals surface area contributed by atoms with Crippen LogP contribution in [0.25, 0.3) is 11.1 Å². The molecule has 0 radical (unpaired) electrons. The van der Waals surface area contributed by atoms with Gasteiger partial charge < -0.3 is 20.0 Å². The topological polar surface area (TPSA) is 98.2 Å². The van der Waals surface area contributed by atoms with Gasteiger partial charge >= 0.3 is 5.97 Å². The van der Waals surface area contributed by atoms with E-state index in [1.54, 1.807) is 11.0 Å². The molecule has 1 fully saturated rings. The molecule has 0 saturated heterocycles. The van der Waals surface area contributed by atoms with Gasteiger partial charge in [-0.15, -0.1) is 0 Å². The van der Waals surface area contributed by atoms with Crippen molar-refractivity contribution in [2.75, 3.05) is 13.1 Å². The highest BCUT2D eigenvalue weighted by Gasteiger charge is 2.44. The summed E-state index contributed by atoms with van der Waals surface area (Å²) < 4.78 is 0. The number of carboxylic acids is 1. The zero-order chi connectivity index (χ0) is 27.1. The standard InChI is InChI=1S/C32H32N2O5/c35-29(24-12-6-7-13-26(24)32(38)39)33-17-16-21-10-4-5-11-23(21)28(33)19-34-30(36)25-15-14-22(18-27(25)31(34)37)20-8-2-1-3-9-20/h1-5,8-11,14-15,18,24,26,28,31,37H,6-7,12-13,16-17,19H2,(H,38,39). The monoisotopic (exact) mass is 524 g/mol. The molecule has 1 aliphatic carbocycles. The van der Waals surface area contributed by atoms with Gasteiger partial charge in [0.1, 0.15) is 0 Å². The predicted octanol–water partition coefficient (Wildman–Crippen LogP) is 4.82. The summed E-state index contributed by atoms with van der Waals surface area (Å²) in [6.45, 7) is 0.579. The highest BCUT2D eigenvalue weighted by Crippen LogP contribution is 2.40. The number of amides is 2. The van der Waals surface area contributed by atoms with Crippen LogP contribution in [-0.2, 0) is 16.0 Å². The third-order valence-electron chi connectivity index (χ3n) is 8.69. The molecule has 3 aromatic carbocycles. The fourth-order valence-corrected chi connectivity index (χ4v) is 6.63. The first-order valence-corrected chi connectivity index (χ1v) is 13.7. The Kier molecular flexibility index (Phi) is 6.69. The fourth-order valence-electron chi connectivity index (χ4n) is 6.63. The summed E-state index contributed by atoms with van der Waals surface area (Å²) in [5.74, 6) is -2.62. The summed E-state index contributed by atoms with van der Waals surface area (Å²) in [6, 6.07) is 22.8. The van der Waals surface area contributed by atoms with Crippen LogP contribution < -0.4 is 0 Å². The maximum absolute atomic E-state index is 13.9. The lowest BCUT2D eigenvalue weighted by atomic mass is 9.77. The Morgan fingerprint density at radius 3 is 2.33 bits per heavy atom. The highest BCUT2D eigenvalue weighted by molar-refractivity contribution is 5.99. The van der Waals surface area contributed by atoms with E-state index in [4.69, 9.17) is 0 Å². The molecule has 7 nitrogen and oxygen atoms in total. The van der Waals surface area contributed by atoms with Crippen molar-refractivity contribution in [1.82, 2.24) is 9.80 Å². The average Bonchev–Trinajstić information content (AvgIpc) is 3.21. The predicted molar refractivity (Wildman–Crippen MR) is 146 cm³/mol. The summed E-state index contributed by atoms with van der Waals surface area (Å²) in [5, 5.41) is 21.2. The van der Waals surface area contributed by atoms with Gasteiger partial charge in [-0.05, 0) is 53.6 Å². The van der Waals surface area contributed by atoms with Crippen molar-refractivity contribution in [3.05, 3.63) is 95.1 Å². The van der Waals surface area contributed by atoms with Crippen LogP contribution in [0.5, 0.6) is 0 Å². The number of rotatable bonds is 5. The molecule has 6 rings (SSSR count). The molecule has 3 aromatic rings. The van der Waals surface area contributed by atoms with Crippen molar-refractivity contribution in [3.8, 4) is 11.1 Å². The minimum Gasteiger partial charge on any atom is -0.481 e. The van der Waals surface area contributed by atoms with Crippen molar-refractivity contribution < 1.29 is 24.6 Å². The second-order valence-electron chi connectivity index (χ2n) is 10.8. The van der Waals surface area contributed by atoms with E-state index in [2.05, 4.69) is 0 Å². The number of benzene rings is 3. The Labute approximate surface area is 227 Å². The van der Waals surface area contributed by atoms with E-state index < -0.39 is 30.1 Å². The number of fused-ring (bicyclic) bond motifs is 2. The Morgan fingerprint density at radius 2 is 1.56 bits per heavy atom. The first-order valence-electron chi connectivity index (χ1n) is 13.7. The van der Waals surface area contributed by atoms with Crippen LogP contribution in [-0.4, -0.2) is 50.9 Å². The van der Waals surface area contributed by atoms with Crippen LogP contribution in [0.15, 0.2) is 72.8 Å². The third kappa shape index (κ3) is 4.51. The van der Waals surface area contributed by atoms with Gasteiger partial charge in [-0.1, -0.05) is 73.5 Å².